The average Bonchev–Trinajstić information content (AvgIpc) is 2.81. The van der Waals surface area contributed by atoms with Gasteiger partial charge in [-0.3, -0.25) is 9.36 Å². The zero-order chi connectivity index (χ0) is 18.0. The normalized spacial score (nSPS) is 13.2. The third kappa shape index (κ3) is 2.89. The van der Waals surface area contributed by atoms with Crippen molar-refractivity contribution in [1.29, 1.82) is 0 Å². The summed E-state index contributed by atoms with van der Waals surface area (Å²) >= 11 is 0. The van der Waals surface area contributed by atoms with Crippen molar-refractivity contribution >= 4 is 23.4 Å². The third-order valence-corrected chi connectivity index (χ3v) is 4.27. The maximum Gasteiger partial charge on any atom is 0.253 e. The minimum Gasteiger partial charge on any atom is -0.508 e. The van der Waals surface area contributed by atoms with Gasteiger partial charge in [-0.15, -0.1) is 0 Å². The number of anilines is 1. The molecule has 0 aliphatic carbocycles. The Labute approximate surface area is 141 Å². The van der Waals surface area contributed by atoms with Crippen molar-refractivity contribution in [3.05, 3.63) is 39.9 Å². The van der Waals surface area contributed by atoms with Crippen LogP contribution in [0.15, 0.2) is 18.2 Å². The minimum absolute atomic E-state index is 0.144. The highest BCUT2D eigenvalue weighted by Crippen LogP contribution is 2.22. The van der Waals surface area contributed by atoms with E-state index in [1.807, 2.05) is 37.5 Å². The lowest BCUT2D eigenvalue weighted by Gasteiger charge is -2.12. The van der Waals surface area contributed by atoms with Crippen LogP contribution in [0.25, 0.3) is 17.3 Å². The molecule has 0 aliphatic heterocycles. The second-order valence-electron chi connectivity index (χ2n) is 5.94. The SMILES string of the molecule is CC/C=c1\c(C(N)=O)c(N)n(-c2cc(O)ccc2C)c1=C(C)CC. The van der Waals surface area contributed by atoms with Crippen LogP contribution in [0.2, 0.25) is 0 Å². The molecule has 1 aromatic carbocycles. The van der Waals surface area contributed by atoms with Crippen LogP contribution < -0.4 is 22.0 Å². The molecule has 0 atom stereocenters. The van der Waals surface area contributed by atoms with Crippen LogP contribution >= 0.6 is 0 Å². The highest BCUT2D eigenvalue weighted by atomic mass is 16.3. The van der Waals surface area contributed by atoms with Crippen molar-refractivity contribution in [2.24, 2.45) is 5.73 Å². The Morgan fingerprint density at radius 2 is 2.00 bits per heavy atom. The van der Waals surface area contributed by atoms with Crippen LogP contribution in [0, 0.1) is 6.92 Å². The number of phenolic OH excluding ortho intramolecular Hbond substituents is 1. The van der Waals surface area contributed by atoms with Gasteiger partial charge < -0.3 is 16.6 Å². The van der Waals surface area contributed by atoms with Crippen molar-refractivity contribution in [3.8, 4) is 11.4 Å². The highest BCUT2D eigenvalue weighted by molar-refractivity contribution is 5.98. The van der Waals surface area contributed by atoms with Gasteiger partial charge in [0, 0.05) is 11.3 Å². The number of rotatable bonds is 4. The van der Waals surface area contributed by atoms with Gasteiger partial charge in [0.2, 0.25) is 0 Å². The van der Waals surface area contributed by atoms with Crippen LogP contribution in [-0.2, 0) is 0 Å². The monoisotopic (exact) mass is 327 g/mol. The van der Waals surface area contributed by atoms with E-state index in [2.05, 4.69) is 6.92 Å². The second kappa shape index (κ2) is 6.83. The van der Waals surface area contributed by atoms with E-state index >= 15 is 0 Å². The summed E-state index contributed by atoms with van der Waals surface area (Å²) in [6, 6.07) is 5.10. The third-order valence-electron chi connectivity index (χ3n) is 4.27. The molecule has 2 aromatic rings. The molecule has 1 heterocycles. The van der Waals surface area contributed by atoms with E-state index in [-0.39, 0.29) is 5.75 Å². The van der Waals surface area contributed by atoms with Crippen molar-refractivity contribution in [3.63, 3.8) is 0 Å². The molecule has 1 amide bonds. The molecular formula is C19H25N3O2. The zero-order valence-corrected chi connectivity index (χ0v) is 14.7. The maximum atomic E-state index is 12.0. The van der Waals surface area contributed by atoms with Gasteiger partial charge >= 0.3 is 0 Å². The summed E-state index contributed by atoms with van der Waals surface area (Å²) in [6.45, 7) is 8.01. The Morgan fingerprint density at radius 3 is 2.54 bits per heavy atom. The van der Waals surface area contributed by atoms with Gasteiger partial charge in [-0.05, 0) is 43.9 Å². The predicted octanol–water partition coefficient (Wildman–Crippen LogP) is 1.94. The minimum atomic E-state index is -0.547. The maximum absolute atomic E-state index is 12.0. The molecule has 0 radical (unpaired) electrons. The summed E-state index contributed by atoms with van der Waals surface area (Å²) in [5, 5.41) is 11.5. The molecule has 128 valence electrons. The highest BCUT2D eigenvalue weighted by Gasteiger charge is 2.19. The molecule has 5 nitrogen and oxygen atoms in total. The number of carbonyl (C=O) groups excluding carboxylic acids is 1. The van der Waals surface area contributed by atoms with Crippen molar-refractivity contribution in [2.45, 2.75) is 40.5 Å². The quantitative estimate of drug-likeness (QED) is 0.801. The molecular weight excluding hydrogens is 302 g/mol. The van der Waals surface area contributed by atoms with E-state index in [1.54, 1.807) is 12.1 Å². The summed E-state index contributed by atoms with van der Waals surface area (Å²) < 4.78 is 1.83. The Kier molecular flexibility index (Phi) is 5.02. The van der Waals surface area contributed by atoms with Gasteiger partial charge in [0.25, 0.3) is 5.91 Å². The fraction of sp³-hybridized carbons (Fsp3) is 0.316. The van der Waals surface area contributed by atoms with Gasteiger partial charge in [0.15, 0.2) is 0 Å². The first-order valence-electron chi connectivity index (χ1n) is 8.13. The van der Waals surface area contributed by atoms with Crippen molar-refractivity contribution in [1.82, 2.24) is 4.57 Å². The van der Waals surface area contributed by atoms with Crippen LogP contribution in [-0.4, -0.2) is 15.6 Å². The van der Waals surface area contributed by atoms with Gasteiger partial charge in [-0.1, -0.05) is 26.0 Å². The lowest BCUT2D eigenvalue weighted by molar-refractivity contribution is 0.100. The average molecular weight is 327 g/mol. The van der Waals surface area contributed by atoms with Crippen LogP contribution in [0.3, 0.4) is 0 Å². The standard InChI is InChI=1S/C19H25N3O2/c1-5-7-14-16(19(21)24)18(20)22(17(14)11(3)6-2)15-10-13(23)9-8-12(15)4/h7-10,23H,5-6,20H2,1-4H3,(H2,21,24)/b14-7+,17-11?. The van der Waals surface area contributed by atoms with E-state index in [0.29, 0.717) is 11.4 Å². The summed E-state index contributed by atoms with van der Waals surface area (Å²) in [5.74, 6) is -0.0990. The number of aromatic nitrogens is 1. The molecule has 24 heavy (non-hydrogen) atoms. The second-order valence-corrected chi connectivity index (χ2v) is 5.94. The van der Waals surface area contributed by atoms with E-state index in [9.17, 15) is 9.90 Å². The molecule has 0 bridgehead atoms. The Balaban J connectivity index is 3.13. The number of carbonyl (C=O) groups is 1. The van der Waals surface area contributed by atoms with Gasteiger partial charge in [-0.25, -0.2) is 0 Å². The summed E-state index contributed by atoms with van der Waals surface area (Å²) in [6.07, 6.45) is 3.54. The number of nitrogens with two attached hydrogens (primary N) is 2. The van der Waals surface area contributed by atoms with Gasteiger partial charge in [0.1, 0.15) is 11.6 Å². The number of nitrogens with zero attached hydrogens (tertiary/aromatic N) is 1. The van der Waals surface area contributed by atoms with Crippen LogP contribution in [0.5, 0.6) is 5.75 Å². The Hall–Kier alpha value is -2.69. The largest absolute Gasteiger partial charge is 0.508 e. The first kappa shape index (κ1) is 17.7. The molecule has 0 saturated heterocycles. The Bertz CT molecular complexity index is 908. The van der Waals surface area contributed by atoms with E-state index < -0.39 is 5.91 Å². The lowest BCUT2D eigenvalue weighted by Crippen LogP contribution is -2.34. The summed E-state index contributed by atoms with van der Waals surface area (Å²) in [7, 11) is 0. The van der Waals surface area contributed by atoms with Gasteiger partial charge in [0.05, 0.1) is 16.6 Å². The predicted molar refractivity (Wildman–Crippen MR) is 98.5 cm³/mol. The van der Waals surface area contributed by atoms with E-state index in [0.717, 1.165) is 40.2 Å². The smallest absolute Gasteiger partial charge is 0.253 e. The van der Waals surface area contributed by atoms with Crippen molar-refractivity contribution < 1.29 is 9.90 Å². The molecule has 5 heteroatoms. The molecule has 0 spiro atoms. The van der Waals surface area contributed by atoms with E-state index in [1.165, 1.54) is 0 Å². The molecule has 5 N–H and O–H groups in total. The topological polar surface area (TPSA) is 94.3 Å². The van der Waals surface area contributed by atoms with Crippen LogP contribution in [0.4, 0.5) is 5.82 Å². The number of amides is 1. The number of primary amides is 1. The van der Waals surface area contributed by atoms with Crippen molar-refractivity contribution in [2.75, 3.05) is 5.73 Å². The first-order chi connectivity index (χ1) is 11.3. The number of nitrogen functional groups attached to an aromatic ring is 1. The number of hydrogen-bond acceptors (Lipinski definition) is 3. The number of benzene rings is 1. The van der Waals surface area contributed by atoms with Gasteiger partial charge in [-0.2, -0.15) is 0 Å². The summed E-state index contributed by atoms with van der Waals surface area (Å²) in [4.78, 5) is 12.0. The number of hydrogen-bond donors (Lipinski definition) is 3. The first-order valence-corrected chi connectivity index (χ1v) is 8.13. The Morgan fingerprint density at radius 1 is 1.33 bits per heavy atom. The molecule has 1 aromatic heterocycles. The van der Waals surface area contributed by atoms with Crippen LogP contribution in [0.1, 0.15) is 49.5 Å². The number of aryl methyl sites for hydroxylation is 1. The zero-order valence-electron chi connectivity index (χ0n) is 14.7. The van der Waals surface area contributed by atoms with E-state index in [4.69, 9.17) is 11.5 Å². The lowest BCUT2D eigenvalue weighted by atomic mass is 10.1. The fourth-order valence-corrected chi connectivity index (χ4v) is 2.95. The summed E-state index contributed by atoms with van der Waals surface area (Å²) in [5.41, 5.74) is 15.0. The molecule has 0 saturated carbocycles. The molecule has 0 unspecified atom stereocenters. The molecule has 2 rings (SSSR count). The number of aromatic hydroxyl groups is 1. The fourth-order valence-electron chi connectivity index (χ4n) is 2.95. The molecule has 0 aliphatic rings. The molecule has 0 fully saturated rings. The number of phenols is 1.